The summed E-state index contributed by atoms with van der Waals surface area (Å²) in [5.41, 5.74) is 1.82. The van der Waals surface area contributed by atoms with Gasteiger partial charge < -0.3 is 15.2 Å². The molecule has 2 fully saturated rings. The molecule has 9 nitrogen and oxygen atoms in total. The van der Waals surface area contributed by atoms with Gasteiger partial charge >= 0.3 is 0 Å². The van der Waals surface area contributed by atoms with E-state index in [4.69, 9.17) is 9.84 Å². The Kier molecular flexibility index (Phi) is 5.65. The highest BCUT2D eigenvalue weighted by Gasteiger charge is 2.37. The number of rotatable bonds is 6. The van der Waals surface area contributed by atoms with Gasteiger partial charge in [-0.25, -0.2) is 0 Å². The van der Waals surface area contributed by atoms with Crippen molar-refractivity contribution in [3.05, 3.63) is 35.7 Å². The summed E-state index contributed by atoms with van der Waals surface area (Å²) in [7, 11) is 0. The van der Waals surface area contributed by atoms with Crippen LogP contribution in [0.2, 0.25) is 0 Å². The Bertz CT molecular complexity index is 808. The third kappa shape index (κ3) is 4.21. The number of benzene rings is 1. The Hall–Kier alpha value is -2.36. The van der Waals surface area contributed by atoms with E-state index in [9.17, 15) is 4.79 Å². The van der Waals surface area contributed by atoms with Gasteiger partial charge in [-0.2, -0.15) is 4.68 Å². The van der Waals surface area contributed by atoms with E-state index in [0.29, 0.717) is 31.3 Å². The predicted molar refractivity (Wildman–Crippen MR) is 101 cm³/mol. The van der Waals surface area contributed by atoms with Gasteiger partial charge in [0.05, 0.1) is 24.8 Å². The fraction of sp³-hybridized carbons (Fsp3) is 0.579. The van der Waals surface area contributed by atoms with Crippen molar-refractivity contribution in [3.8, 4) is 5.69 Å². The van der Waals surface area contributed by atoms with E-state index < -0.39 is 0 Å². The number of ether oxygens (including phenoxy) is 1. The van der Waals surface area contributed by atoms with Crippen LogP contribution in [0.15, 0.2) is 24.3 Å². The number of nitrogens with one attached hydrogen (secondary N) is 1. The second kappa shape index (κ2) is 8.34. The molecule has 0 saturated carbocycles. The first-order valence-corrected chi connectivity index (χ1v) is 9.72. The monoisotopic (exact) mass is 386 g/mol. The Morgan fingerprint density at radius 3 is 2.86 bits per heavy atom. The van der Waals surface area contributed by atoms with Gasteiger partial charge in [0.15, 0.2) is 5.82 Å². The molecule has 1 amide bonds. The molecule has 0 unspecified atom stereocenters. The van der Waals surface area contributed by atoms with Crippen LogP contribution in [0.4, 0.5) is 0 Å². The summed E-state index contributed by atoms with van der Waals surface area (Å²) < 4.78 is 7.46. The zero-order chi connectivity index (χ0) is 19.5. The molecule has 0 bridgehead atoms. The van der Waals surface area contributed by atoms with Crippen LogP contribution in [-0.2, 0) is 16.0 Å². The lowest BCUT2D eigenvalue weighted by molar-refractivity contribution is -0.121. The van der Waals surface area contributed by atoms with Gasteiger partial charge in [0, 0.05) is 31.8 Å². The molecule has 2 aliphatic heterocycles. The molecule has 2 aliphatic rings. The number of morpholine rings is 1. The van der Waals surface area contributed by atoms with Crippen LogP contribution in [0.25, 0.3) is 5.69 Å². The van der Waals surface area contributed by atoms with Gasteiger partial charge in [-0.1, -0.05) is 12.1 Å². The molecule has 2 N–H and O–H groups in total. The number of carbonyl (C=O) groups is 1. The Labute approximate surface area is 163 Å². The molecule has 3 heterocycles. The molecule has 3 atom stereocenters. The minimum absolute atomic E-state index is 0.0315. The zero-order valence-electron chi connectivity index (χ0n) is 16.0. The summed E-state index contributed by atoms with van der Waals surface area (Å²) >= 11 is 0. The first-order valence-electron chi connectivity index (χ1n) is 9.72. The lowest BCUT2D eigenvalue weighted by Crippen LogP contribution is -2.46. The SMILES string of the molecule is Cc1nnnn1-c1ccc(CC(=O)N[C@@H]2C[C@H]3CO[C@@H](CCO)CN3C2)cc1. The molecular formula is C19H26N6O3. The summed E-state index contributed by atoms with van der Waals surface area (Å²) in [6.45, 7) is 4.34. The third-order valence-electron chi connectivity index (χ3n) is 5.48. The number of aromatic nitrogens is 4. The van der Waals surface area contributed by atoms with Crippen LogP contribution >= 0.6 is 0 Å². The minimum Gasteiger partial charge on any atom is -0.396 e. The first kappa shape index (κ1) is 19.0. The van der Waals surface area contributed by atoms with E-state index in [1.807, 2.05) is 31.2 Å². The van der Waals surface area contributed by atoms with Crippen molar-refractivity contribution in [3.63, 3.8) is 0 Å². The van der Waals surface area contributed by atoms with Crippen molar-refractivity contribution in [1.82, 2.24) is 30.4 Å². The molecule has 4 rings (SSSR count). The normalized spacial score (nSPS) is 24.9. The molecule has 1 aromatic heterocycles. The summed E-state index contributed by atoms with van der Waals surface area (Å²) in [6, 6.07) is 8.21. The highest BCUT2D eigenvalue weighted by molar-refractivity contribution is 5.79. The first-order chi connectivity index (χ1) is 13.6. The summed E-state index contributed by atoms with van der Waals surface area (Å²) in [5, 5.41) is 23.7. The van der Waals surface area contributed by atoms with Gasteiger partial charge in [-0.05, 0) is 47.9 Å². The molecule has 0 radical (unpaired) electrons. The van der Waals surface area contributed by atoms with Gasteiger partial charge in [0.2, 0.25) is 5.91 Å². The Morgan fingerprint density at radius 2 is 2.14 bits per heavy atom. The maximum atomic E-state index is 12.5. The quantitative estimate of drug-likeness (QED) is 0.711. The molecular weight excluding hydrogens is 360 g/mol. The Balaban J connectivity index is 1.29. The summed E-state index contributed by atoms with van der Waals surface area (Å²) in [4.78, 5) is 14.9. The molecule has 2 saturated heterocycles. The predicted octanol–water partition coefficient (Wildman–Crippen LogP) is -0.146. The largest absolute Gasteiger partial charge is 0.396 e. The highest BCUT2D eigenvalue weighted by atomic mass is 16.5. The lowest BCUT2D eigenvalue weighted by Gasteiger charge is -2.34. The van der Waals surface area contributed by atoms with Crippen LogP contribution in [-0.4, -0.2) is 80.6 Å². The number of hydrogen-bond donors (Lipinski definition) is 2. The average molecular weight is 386 g/mol. The van der Waals surface area contributed by atoms with Crippen LogP contribution < -0.4 is 5.32 Å². The third-order valence-corrected chi connectivity index (χ3v) is 5.48. The van der Waals surface area contributed by atoms with Crippen molar-refractivity contribution in [1.29, 1.82) is 0 Å². The number of aliphatic hydroxyl groups excluding tert-OH is 1. The maximum Gasteiger partial charge on any atom is 0.224 e. The molecule has 0 spiro atoms. The van der Waals surface area contributed by atoms with E-state index in [0.717, 1.165) is 30.8 Å². The number of carbonyl (C=O) groups excluding carboxylic acids is 1. The number of nitrogens with zero attached hydrogens (tertiary/aromatic N) is 5. The molecule has 2 aromatic rings. The van der Waals surface area contributed by atoms with Gasteiger partial charge in [-0.15, -0.1) is 5.10 Å². The van der Waals surface area contributed by atoms with E-state index in [1.165, 1.54) is 0 Å². The second-order valence-electron chi connectivity index (χ2n) is 7.56. The number of aryl methyl sites for hydroxylation is 1. The number of tetrazole rings is 1. The molecule has 1 aromatic carbocycles. The van der Waals surface area contributed by atoms with Crippen LogP contribution in [0, 0.1) is 6.92 Å². The maximum absolute atomic E-state index is 12.5. The van der Waals surface area contributed by atoms with Crippen LogP contribution in [0.1, 0.15) is 24.2 Å². The summed E-state index contributed by atoms with van der Waals surface area (Å²) in [5.74, 6) is 0.748. The highest BCUT2D eigenvalue weighted by Crippen LogP contribution is 2.24. The zero-order valence-corrected chi connectivity index (χ0v) is 16.0. The molecule has 9 heteroatoms. The van der Waals surface area contributed by atoms with Crippen molar-refractivity contribution >= 4 is 5.91 Å². The van der Waals surface area contributed by atoms with Crippen LogP contribution in [0.5, 0.6) is 0 Å². The standard InChI is InChI=1S/C19H26N6O3/c1-13-21-22-23-25(13)16-4-2-14(3-5-16)8-19(27)20-15-9-17-12-28-18(6-7-26)11-24(17)10-15/h2-5,15,17-18,26H,6-12H2,1H3,(H,20,27)/t15-,17+,18+/m1/s1. The molecule has 0 aliphatic carbocycles. The van der Waals surface area contributed by atoms with E-state index >= 15 is 0 Å². The van der Waals surface area contributed by atoms with Crippen molar-refractivity contribution < 1.29 is 14.6 Å². The number of hydrogen-bond acceptors (Lipinski definition) is 7. The van der Waals surface area contributed by atoms with Crippen molar-refractivity contribution in [2.75, 3.05) is 26.3 Å². The summed E-state index contributed by atoms with van der Waals surface area (Å²) in [6.07, 6.45) is 2.02. The second-order valence-corrected chi connectivity index (χ2v) is 7.56. The molecule has 150 valence electrons. The van der Waals surface area contributed by atoms with Crippen molar-refractivity contribution in [2.45, 2.75) is 44.4 Å². The average Bonchev–Trinajstić information content (AvgIpc) is 3.27. The number of fused-ring (bicyclic) bond motifs is 1. The van der Waals surface area contributed by atoms with Crippen LogP contribution in [0.3, 0.4) is 0 Å². The van der Waals surface area contributed by atoms with E-state index in [1.54, 1.807) is 4.68 Å². The minimum atomic E-state index is 0.0315. The van der Waals surface area contributed by atoms with E-state index in [2.05, 4.69) is 25.7 Å². The van der Waals surface area contributed by atoms with E-state index in [-0.39, 0.29) is 24.7 Å². The van der Waals surface area contributed by atoms with Crippen molar-refractivity contribution in [2.24, 2.45) is 0 Å². The number of aliphatic hydroxyl groups is 1. The number of amides is 1. The Morgan fingerprint density at radius 1 is 1.32 bits per heavy atom. The topological polar surface area (TPSA) is 105 Å². The molecule has 28 heavy (non-hydrogen) atoms. The van der Waals surface area contributed by atoms with Gasteiger partial charge in [-0.3, -0.25) is 9.69 Å². The van der Waals surface area contributed by atoms with Gasteiger partial charge in [0.1, 0.15) is 0 Å². The fourth-order valence-corrected chi connectivity index (χ4v) is 4.06. The van der Waals surface area contributed by atoms with Gasteiger partial charge in [0.25, 0.3) is 0 Å². The lowest BCUT2D eigenvalue weighted by atomic mass is 10.1. The smallest absolute Gasteiger partial charge is 0.224 e. The fourth-order valence-electron chi connectivity index (χ4n) is 4.06.